The van der Waals surface area contributed by atoms with Gasteiger partial charge in [-0.2, -0.15) is 0 Å². The summed E-state index contributed by atoms with van der Waals surface area (Å²) in [6.45, 7) is 0.281. The second kappa shape index (κ2) is 12.6. The fourth-order valence-electron chi connectivity index (χ4n) is 5.44. The van der Waals surface area contributed by atoms with E-state index in [9.17, 15) is 33.5 Å². The predicted molar refractivity (Wildman–Crippen MR) is 164 cm³/mol. The van der Waals surface area contributed by atoms with Crippen molar-refractivity contribution < 1.29 is 43.0 Å². The van der Waals surface area contributed by atoms with Crippen molar-refractivity contribution in [1.82, 2.24) is 9.80 Å². The maximum absolute atomic E-state index is 14.4. The van der Waals surface area contributed by atoms with Gasteiger partial charge in [0.25, 0.3) is 0 Å². The van der Waals surface area contributed by atoms with Gasteiger partial charge in [-0.25, -0.2) is 4.79 Å². The average molecular weight is 639 g/mol. The minimum atomic E-state index is -4.64. The molecular weight excluding hydrogens is 606 g/mol. The minimum absolute atomic E-state index is 0.140. The van der Waals surface area contributed by atoms with Gasteiger partial charge in [0.05, 0.1) is 36.9 Å². The smallest absolute Gasteiger partial charge is 0.356 e. The second-order valence-electron chi connectivity index (χ2n) is 10.4. The average Bonchev–Trinajstić information content (AvgIpc) is 3.27. The van der Waals surface area contributed by atoms with Crippen LogP contribution in [-0.4, -0.2) is 49.6 Å². The van der Waals surface area contributed by atoms with Gasteiger partial charge in [-0.05, 0) is 70.8 Å². The maximum Gasteiger partial charge on any atom is 0.356 e. The molecule has 44 heavy (non-hydrogen) atoms. The lowest BCUT2D eigenvalue weighted by molar-refractivity contribution is 0.181. The first-order valence-corrected chi connectivity index (χ1v) is 16.8. The zero-order chi connectivity index (χ0) is 31.6. The number of nitrogens with zero attached hydrogens (tertiary/aromatic N) is 2. The number of benzene rings is 4. The van der Waals surface area contributed by atoms with Gasteiger partial charge in [0.2, 0.25) is 0 Å². The third-order valence-corrected chi connectivity index (χ3v) is 9.48. The Morgan fingerprint density at radius 2 is 0.977 bits per heavy atom. The van der Waals surface area contributed by atoms with Gasteiger partial charge in [-0.1, -0.05) is 48.5 Å². The van der Waals surface area contributed by atoms with E-state index in [0.29, 0.717) is 22.6 Å². The van der Waals surface area contributed by atoms with Crippen LogP contribution in [0.15, 0.2) is 97.1 Å². The Morgan fingerprint density at radius 1 is 0.614 bits per heavy atom. The van der Waals surface area contributed by atoms with Gasteiger partial charge in [0.1, 0.15) is 11.5 Å². The van der Waals surface area contributed by atoms with E-state index < -0.39 is 27.3 Å². The van der Waals surface area contributed by atoms with E-state index in [4.69, 9.17) is 9.47 Å². The van der Waals surface area contributed by atoms with Gasteiger partial charge in [-0.15, -0.1) is 0 Å². The highest BCUT2D eigenvalue weighted by atomic mass is 31.2. The number of hydrogen-bond acceptors (Lipinski definition) is 5. The highest BCUT2D eigenvalue weighted by Gasteiger charge is 2.47. The van der Waals surface area contributed by atoms with Crippen LogP contribution in [0.3, 0.4) is 0 Å². The van der Waals surface area contributed by atoms with Gasteiger partial charge < -0.3 is 38.8 Å². The van der Waals surface area contributed by atoms with Crippen LogP contribution in [0.4, 0.5) is 4.79 Å². The van der Waals surface area contributed by atoms with Crippen LogP contribution in [0.2, 0.25) is 0 Å². The molecule has 1 heterocycles. The van der Waals surface area contributed by atoms with Crippen molar-refractivity contribution >= 4 is 31.8 Å². The number of hydrogen-bond donors (Lipinski definition) is 4. The summed E-state index contributed by atoms with van der Waals surface area (Å²) in [5.74, 6) is 1.28. The Labute approximate surface area is 254 Å². The third-order valence-electron chi connectivity index (χ3n) is 7.58. The molecular formula is C31H32N2O9P2. The SMILES string of the molecule is COc1ccc(CN2C(=O)N(Cc3ccc(OC)cc3)[C@H](c3cccc(P(=O)(O)O)c3)[C@H]2c2cccc(P(=O)(O)O)c2)cc1. The lowest BCUT2D eigenvalue weighted by Crippen LogP contribution is -2.32. The second-order valence-corrected chi connectivity index (χ2v) is 13.6. The standard InChI is InChI=1S/C31H32N2O9P2/c1-41-25-13-9-21(10-14-25)19-32-29(23-5-3-7-27(17-23)43(35,36)37)30(24-6-4-8-28(18-24)44(38,39)40)33(31(32)34)20-22-11-15-26(42-2)16-12-22/h3-18,29-30H,19-20H2,1-2H3,(H2,35,36,37)(H2,38,39,40)/t29-,30-/m1/s1. The Morgan fingerprint density at radius 3 is 1.30 bits per heavy atom. The first kappa shape index (κ1) is 31.5. The number of carbonyl (C=O) groups is 1. The highest BCUT2D eigenvalue weighted by Crippen LogP contribution is 2.48. The molecule has 1 aliphatic heterocycles. The Bertz CT molecular complexity index is 1610. The van der Waals surface area contributed by atoms with E-state index in [2.05, 4.69) is 0 Å². The van der Waals surface area contributed by atoms with Crippen molar-refractivity contribution in [3.05, 3.63) is 119 Å². The molecule has 2 amide bonds. The van der Waals surface area contributed by atoms with Crippen LogP contribution in [0.1, 0.15) is 34.3 Å². The monoisotopic (exact) mass is 638 g/mol. The molecule has 4 aromatic rings. The van der Waals surface area contributed by atoms with Gasteiger partial charge >= 0.3 is 21.2 Å². The van der Waals surface area contributed by atoms with Crippen LogP contribution < -0.4 is 20.1 Å². The predicted octanol–water partition coefficient (Wildman–Crippen LogP) is 4.23. The summed E-state index contributed by atoms with van der Waals surface area (Å²) in [5.41, 5.74) is 2.47. The summed E-state index contributed by atoms with van der Waals surface area (Å²) in [4.78, 5) is 57.5. The highest BCUT2D eigenvalue weighted by molar-refractivity contribution is 7.60. The summed E-state index contributed by atoms with van der Waals surface area (Å²) >= 11 is 0. The van der Waals surface area contributed by atoms with Crippen molar-refractivity contribution in [3.63, 3.8) is 0 Å². The van der Waals surface area contributed by atoms with Gasteiger partial charge in [-0.3, -0.25) is 9.13 Å². The Hall–Kier alpha value is -3.95. The number of urea groups is 1. The number of carbonyl (C=O) groups excluding carboxylic acids is 1. The third kappa shape index (κ3) is 6.74. The zero-order valence-corrected chi connectivity index (χ0v) is 25.7. The van der Waals surface area contributed by atoms with Gasteiger partial charge in [0.15, 0.2) is 0 Å². The lowest BCUT2D eigenvalue weighted by Gasteiger charge is -2.30. The van der Waals surface area contributed by atoms with E-state index in [1.807, 2.05) is 24.3 Å². The van der Waals surface area contributed by atoms with Crippen molar-refractivity contribution in [1.29, 1.82) is 0 Å². The van der Waals surface area contributed by atoms with Crippen LogP contribution in [-0.2, 0) is 22.2 Å². The minimum Gasteiger partial charge on any atom is -0.497 e. The zero-order valence-electron chi connectivity index (χ0n) is 23.9. The van der Waals surface area contributed by atoms with Crippen molar-refractivity contribution in [2.24, 2.45) is 0 Å². The van der Waals surface area contributed by atoms with Crippen molar-refractivity contribution in [3.8, 4) is 11.5 Å². The van der Waals surface area contributed by atoms with E-state index in [-0.39, 0.29) is 29.7 Å². The largest absolute Gasteiger partial charge is 0.497 e. The van der Waals surface area contributed by atoms with Crippen molar-refractivity contribution in [2.75, 3.05) is 14.2 Å². The molecule has 2 atom stereocenters. The molecule has 0 saturated carbocycles. The first-order chi connectivity index (χ1) is 20.9. The fourth-order valence-corrected chi connectivity index (χ4v) is 6.63. The Balaban J connectivity index is 1.69. The molecule has 1 fully saturated rings. The number of rotatable bonds is 10. The fraction of sp³-hybridized carbons (Fsp3) is 0.194. The van der Waals surface area contributed by atoms with Crippen LogP contribution in [0, 0.1) is 0 Å². The number of methoxy groups -OCH3 is 2. The summed E-state index contributed by atoms with van der Waals surface area (Å²) in [6.07, 6.45) is 0. The molecule has 0 aliphatic carbocycles. The van der Waals surface area contributed by atoms with E-state index in [0.717, 1.165) is 11.1 Å². The molecule has 1 saturated heterocycles. The summed E-state index contributed by atoms with van der Waals surface area (Å²) in [6, 6.07) is 24.3. The molecule has 5 rings (SSSR count). The lowest BCUT2D eigenvalue weighted by atomic mass is 9.92. The number of amides is 2. The molecule has 0 aromatic heterocycles. The van der Waals surface area contributed by atoms with Crippen LogP contribution in [0.5, 0.6) is 11.5 Å². The molecule has 0 radical (unpaired) electrons. The molecule has 13 heteroatoms. The normalized spacial score (nSPS) is 17.2. The molecule has 0 spiro atoms. The summed E-state index contributed by atoms with van der Waals surface area (Å²) in [7, 11) is -6.18. The van der Waals surface area contributed by atoms with E-state index in [1.54, 1.807) is 60.4 Å². The molecule has 4 N–H and O–H groups in total. The quantitative estimate of drug-likeness (QED) is 0.187. The van der Waals surface area contributed by atoms with E-state index in [1.165, 1.54) is 36.4 Å². The molecule has 230 valence electrons. The van der Waals surface area contributed by atoms with Crippen molar-refractivity contribution in [2.45, 2.75) is 25.2 Å². The van der Waals surface area contributed by atoms with Crippen LogP contribution in [0.25, 0.3) is 0 Å². The molecule has 11 nitrogen and oxygen atoms in total. The molecule has 4 aromatic carbocycles. The summed E-state index contributed by atoms with van der Waals surface area (Å²) in [5, 5.41) is -0.411. The molecule has 0 unspecified atom stereocenters. The topological polar surface area (TPSA) is 157 Å². The number of ether oxygens (including phenoxy) is 2. The first-order valence-electron chi connectivity index (χ1n) is 13.5. The maximum atomic E-state index is 14.4. The Kier molecular flexibility index (Phi) is 9.00. The molecule has 0 bridgehead atoms. The van der Waals surface area contributed by atoms with Crippen LogP contribution >= 0.6 is 15.2 Å². The van der Waals surface area contributed by atoms with Gasteiger partial charge in [0, 0.05) is 13.1 Å². The summed E-state index contributed by atoms with van der Waals surface area (Å²) < 4.78 is 35.1. The molecule has 1 aliphatic rings. The van der Waals surface area contributed by atoms with E-state index >= 15 is 0 Å².